The molecule has 0 radical (unpaired) electrons. The molecule has 2 N–H and O–H groups in total. The lowest BCUT2D eigenvalue weighted by atomic mass is 10.0. The fraction of sp³-hybridized carbons (Fsp3) is 0.0476. The second-order valence-electron chi connectivity index (χ2n) is 6.58. The van der Waals surface area contributed by atoms with Gasteiger partial charge in [-0.3, -0.25) is 10.1 Å². The number of nitrogens with one attached hydrogen (secondary N) is 2. The van der Waals surface area contributed by atoms with E-state index in [9.17, 15) is 0 Å². The Kier molecular flexibility index (Phi) is 3.11. The van der Waals surface area contributed by atoms with Gasteiger partial charge in [-0.25, -0.2) is 10.4 Å². The van der Waals surface area contributed by atoms with E-state index in [4.69, 9.17) is 0 Å². The molecule has 0 bridgehead atoms. The molecule has 0 fully saturated rings. The van der Waals surface area contributed by atoms with Gasteiger partial charge in [0.1, 0.15) is 11.2 Å². The van der Waals surface area contributed by atoms with E-state index < -0.39 is 0 Å². The smallest absolute Gasteiger partial charge is 0.107 e. The Hall–Kier alpha value is -3.22. The highest BCUT2D eigenvalue weighted by Crippen LogP contribution is 2.43. The molecule has 5 aromatic rings. The van der Waals surface area contributed by atoms with Crippen molar-refractivity contribution in [1.82, 2.24) is 20.6 Å². The van der Waals surface area contributed by atoms with Gasteiger partial charge < -0.3 is 0 Å². The molecule has 130 valence electrons. The molecule has 0 atom stereocenters. The number of hydrogen-bond acceptors (Lipinski definition) is 5. The van der Waals surface area contributed by atoms with Gasteiger partial charge in [0.25, 0.3) is 0 Å². The number of para-hydroxylation sites is 2. The zero-order chi connectivity index (χ0) is 17.8. The zero-order valence-corrected chi connectivity index (χ0v) is 15.1. The summed E-state index contributed by atoms with van der Waals surface area (Å²) in [7, 11) is 0. The molecule has 0 saturated carbocycles. The first-order chi connectivity index (χ1) is 13.4. The van der Waals surface area contributed by atoms with Crippen molar-refractivity contribution >= 4 is 43.8 Å². The average molecular weight is 369 g/mol. The van der Waals surface area contributed by atoms with Crippen LogP contribution in [0.15, 0.2) is 66.2 Å². The first kappa shape index (κ1) is 14.9. The van der Waals surface area contributed by atoms with Gasteiger partial charge >= 0.3 is 0 Å². The Bertz CT molecular complexity index is 1300. The lowest BCUT2D eigenvalue weighted by Gasteiger charge is -2.22. The first-order valence-electron chi connectivity index (χ1n) is 8.81. The molecule has 1 aliphatic heterocycles. The number of hydrazine groups is 1. The summed E-state index contributed by atoms with van der Waals surface area (Å²) in [4.78, 5) is 4.69. The number of benzene rings is 3. The lowest BCUT2D eigenvalue weighted by Crippen LogP contribution is -2.27. The molecule has 6 rings (SSSR count). The number of aromatic nitrogens is 3. The predicted octanol–water partition coefficient (Wildman–Crippen LogP) is 5.00. The highest BCUT2D eigenvalue weighted by atomic mass is 32.1. The minimum atomic E-state index is 0.803. The molecule has 5 nitrogen and oxygen atoms in total. The molecule has 2 aromatic heterocycles. The van der Waals surface area contributed by atoms with Crippen LogP contribution in [0.25, 0.3) is 32.4 Å². The maximum absolute atomic E-state index is 4.69. The van der Waals surface area contributed by atoms with Crippen molar-refractivity contribution in [3.63, 3.8) is 0 Å². The molecule has 0 unspecified atom stereocenters. The van der Waals surface area contributed by atoms with Crippen molar-refractivity contribution in [3.05, 3.63) is 71.7 Å². The number of thiazole rings is 1. The van der Waals surface area contributed by atoms with Crippen LogP contribution >= 0.6 is 11.3 Å². The minimum Gasteiger partial charge on any atom is -0.277 e. The van der Waals surface area contributed by atoms with Gasteiger partial charge in [-0.15, -0.1) is 11.3 Å². The molecule has 6 heteroatoms. The molecule has 1 aliphatic rings. The third-order valence-corrected chi connectivity index (χ3v) is 5.88. The third-order valence-electron chi connectivity index (χ3n) is 5.08. The first-order valence-corrected chi connectivity index (χ1v) is 9.69. The van der Waals surface area contributed by atoms with Gasteiger partial charge in [0.15, 0.2) is 0 Å². The summed E-state index contributed by atoms with van der Waals surface area (Å²) >= 11 is 1.66. The molecule has 0 amide bonds. The number of fused-ring (bicyclic) bond motifs is 3. The number of anilines is 2. The fourth-order valence-corrected chi connectivity index (χ4v) is 4.51. The van der Waals surface area contributed by atoms with Crippen molar-refractivity contribution in [3.8, 4) is 11.3 Å². The quantitative estimate of drug-likeness (QED) is 0.460. The van der Waals surface area contributed by atoms with Crippen LogP contribution in [0.1, 0.15) is 5.56 Å². The monoisotopic (exact) mass is 369 g/mol. The van der Waals surface area contributed by atoms with Crippen molar-refractivity contribution < 1.29 is 0 Å². The third kappa shape index (κ3) is 2.14. The SMILES string of the molecule is c1ccc2c(c1)CNN2c1c(-c2n[nH]c3ccccc23)ccc2scnc12. The van der Waals surface area contributed by atoms with E-state index in [0.29, 0.717) is 0 Å². The molecule has 0 saturated heterocycles. The van der Waals surface area contributed by atoms with E-state index in [1.165, 1.54) is 16.0 Å². The summed E-state index contributed by atoms with van der Waals surface area (Å²) in [6, 6.07) is 21.0. The second-order valence-corrected chi connectivity index (χ2v) is 7.46. The fourth-order valence-electron chi connectivity index (χ4n) is 3.83. The van der Waals surface area contributed by atoms with Gasteiger partial charge in [0, 0.05) is 17.5 Å². The number of hydrogen-bond donors (Lipinski definition) is 2. The molecule has 3 aromatic carbocycles. The van der Waals surface area contributed by atoms with E-state index in [0.717, 1.165) is 39.9 Å². The average Bonchev–Trinajstić information content (AvgIpc) is 3.44. The van der Waals surface area contributed by atoms with Crippen molar-refractivity contribution in [2.24, 2.45) is 0 Å². The van der Waals surface area contributed by atoms with E-state index in [-0.39, 0.29) is 0 Å². The topological polar surface area (TPSA) is 56.8 Å². The molecule has 3 heterocycles. The predicted molar refractivity (Wildman–Crippen MR) is 110 cm³/mol. The van der Waals surface area contributed by atoms with Crippen LogP contribution in [0.4, 0.5) is 11.4 Å². The van der Waals surface area contributed by atoms with E-state index in [1.54, 1.807) is 11.3 Å². The molecular formula is C21H15N5S. The normalized spacial score (nSPS) is 13.6. The van der Waals surface area contributed by atoms with Crippen molar-refractivity contribution in [2.45, 2.75) is 6.54 Å². The summed E-state index contributed by atoms with van der Waals surface area (Å²) in [5, 5.41) is 11.1. The standard InChI is InChI=1S/C21H15N5S/c1-4-8-17-13(5-1)11-23-26(17)21-15(9-10-18-20(21)22-12-27-18)19-14-6-2-3-7-16(14)24-25-19/h1-10,12,23H,11H2,(H,24,25). The van der Waals surface area contributed by atoms with Gasteiger partial charge in [-0.05, 0) is 29.8 Å². The van der Waals surface area contributed by atoms with Crippen LogP contribution in [0, 0.1) is 0 Å². The van der Waals surface area contributed by atoms with Crippen LogP contribution in [0.2, 0.25) is 0 Å². The highest BCUT2D eigenvalue weighted by Gasteiger charge is 2.26. The summed E-state index contributed by atoms with van der Waals surface area (Å²) < 4.78 is 1.17. The minimum absolute atomic E-state index is 0.803. The molecule has 0 aliphatic carbocycles. The second kappa shape index (κ2) is 5.64. The number of nitrogens with zero attached hydrogens (tertiary/aromatic N) is 3. The van der Waals surface area contributed by atoms with Crippen LogP contribution in [-0.4, -0.2) is 15.2 Å². The Balaban J connectivity index is 1.67. The molecular weight excluding hydrogens is 354 g/mol. The molecule has 27 heavy (non-hydrogen) atoms. The van der Waals surface area contributed by atoms with Crippen LogP contribution in [0.3, 0.4) is 0 Å². The van der Waals surface area contributed by atoms with Crippen molar-refractivity contribution in [1.29, 1.82) is 0 Å². The van der Waals surface area contributed by atoms with E-state index in [1.807, 2.05) is 17.6 Å². The lowest BCUT2D eigenvalue weighted by molar-refractivity contribution is 0.767. The van der Waals surface area contributed by atoms with Gasteiger partial charge in [-0.1, -0.05) is 36.4 Å². The van der Waals surface area contributed by atoms with Crippen LogP contribution in [-0.2, 0) is 6.54 Å². The van der Waals surface area contributed by atoms with E-state index >= 15 is 0 Å². The van der Waals surface area contributed by atoms with E-state index in [2.05, 4.69) is 74.1 Å². The Labute approximate surface area is 159 Å². The Morgan fingerprint density at radius 3 is 2.85 bits per heavy atom. The van der Waals surface area contributed by atoms with Gasteiger partial charge in [0.2, 0.25) is 0 Å². The largest absolute Gasteiger partial charge is 0.277 e. The highest BCUT2D eigenvalue weighted by molar-refractivity contribution is 7.16. The summed E-state index contributed by atoms with van der Waals surface area (Å²) in [6.45, 7) is 0.803. The Morgan fingerprint density at radius 1 is 0.963 bits per heavy atom. The van der Waals surface area contributed by atoms with Crippen LogP contribution < -0.4 is 10.4 Å². The molecule has 0 spiro atoms. The maximum atomic E-state index is 4.69. The Morgan fingerprint density at radius 2 is 1.85 bits per heavy atom. The van der Waals surface area contributed by atoms with Gasteiger partial charge in [0.05, 0.1) is 27.1 Å². The van der Waals surface area contributed by atoms with Gasteiger partial charge in [-0.2, -0.15) is 5.10 Å². The summed E-state index contributed by atoms with van der Waals surface area (Å²) in [6.07, 6.45) is 0. The maximum Gasteiger partial charge on any atom is 0.107 e. The number of H-pyrrole nitrogens is 1. The van der Waals surface area contributed by atoms with Crippen LogP contribution in [0.5, 0.6) is 0 Å². The number of aromatic amines is 1. The summed E-state index contributed by atoms with van der Waals surface area (Å²) in [5.41, 5.74) is 13.0. The summed E-state index contributed by atoms with van der Waals surface area (Å²) in [5.74, 6) is 0. The van der Waals surface area contributed by atoms with Crippen molar-refractivity contribution in [2.75, 3.05) is 5.01 Å². The number of rotatable bonds is 2. The zero-order valence-electron chi connectivity index (χ0n) is 14.3.